The highest BCUT2D eigenvalue weighted by Crippen LogP contribution is 2.47. The summed E-state index contributed by atoms with van der Waals surface area (Å²) < 4.78 is 38.9. The second kappa shape index (κ2) is 14.9. The summed E-state index contributed by atoms with van der Waals surface area (Å²) in [5.74, 6) is 0.166. The molecule has 0 aromatic heterocycles. The number of amides is 3. The molecule has 2 aliphatic heterocycles. The number of rotatable bonds is 4. The number of ether oxygens (including phenoxy) is 3. The van der Waals surface area contributed by atoms with Crippen molar-refractivity contribution in [1.82, 2.24) is 10.0 Å². The van der Waals surface area contributed by atoms with Gasteiger partial charge in [0.2, 0.25) is 0 Å². The van der Waals surface area contributed by atoms with Gasteiger partial charge in [0.25, 0.3) is 5.91 Å². The van der Waals surface area contributed by atoms with Crippen LogP contribution in [-0.4, -0.2) is 73.9 Å². The van der Waals surface area contributed by atoms with Crippen LogP contribution in [0.5, 0.6) is 5.75 Å². The first-order chi connectivity index (χ1) is 25.3. The lowest BCUT2D eigenvalue weighted by Gasteiger charge is -2.46. The third-order valence-corrected chi connectivity index (χ3v) is 14.4. The molecule has 0 radical (unpaired) electrons. The predicted molar refractivity (Wildman–Crippen MR) is 205 cm³/mol. The van der Waals surface area contributed by atoms with E-state index in [9.17, 15) is 18.6 Å². The highest BCUT2D eigenvalue weighted by atomic mass is 35.5. The first-order valence-corrected chi connectivity index (χ1v) is 20.8. The van der Waals surface area contributed by atoms with Gasteiger partial charge in [-0.15, -0.1) is 4.36 Å². The van der Waals surface area contributed by atoms with E-state index in [1.54, 1.807) is 20.1 Å². The minimum absolute atomic E-state index is 0.0309. The number of hydrogen-bond donors (Lipinski definition) is 2. The molecule has 7 rings (SSSR count). The molecule has 3 aliphatic carbocycles. The Hall–Kier alpha value is -3.61. The van der Waals surface area contributed by atoms with Gasteiger partial charge in [0, 0.05) is 42.2 Å². The maximum atomic E-state index is 14.5. The van der Waals surface area contributed by atoms with Gasteiger partial charge in [-0.3, -0.25) is 14.3 Å². The maximum Gasteiger partial charge on any atom is 0.327 e. The Bertz CT molecular complexity index is 1920. The van der Waals surface area contributed by atoms with E-state index < -0.39 is 27.3 Å². The molecule has 13 heteroatoms. The number of urea groups is 1. The lowest BCUT2D eigenvalue weighted by atomic mass is 9.67. The van der Waals surface area contributed by atoms with Crippen LogP contribution >= 0.6 is 11.6 Å². The Morgan fingerprint density at radius 1 is 1.13 bits per heavy atom. The number of methoxy groups -OCH3 is 2. The van der Waals surface area contributed by atoms with Crippen LogP contribution in [0.4, 0.5) is 10.5 Å². The highest BCUT2D eigenvalue weighted by molar-refractivity contribution is 7.92. The van der Waals surface area contributed by atoms with Gasteiger partial charge in [0.05, 0.1) is 36.7 Å². The molecular formula is C40H51ClN4O7S. The molecule has 2 heterocycles. The van der Waals surface area contributed by atoms with Gasteiger partial charge in [0.15, 0.2) is 0 Å². The first kappa shape index (κ1) is 37.7. The van der Waals surface area contributed by atoms with Crippen molar-refractivity contribution in [3.05, 3.63) is 70.3 Å². The molecule has 1 spiro atoms. The fourth-order valence-corrected chi connectivity index (χ4v) is 11.3. The van der Waals surface area contributed by atoms with Gasteiger partial charge >= 0.3 is 12.0 Å². The van der Waals surface area contributed by atoms with Gasteiger partial charge in [-0.05, 0) is 118 Å². The number of aryl methyl sites for hydroxylation is 1. The molecule has 6 atom stereocenters. The average molecular weight is 767 g/mol. The summed E-state index contributed by atoms with van der Waals surface area (Å²) in [6.45, 7) is 5.67. The number of nitrogens with one attached hydrogen (secondary N) is 2. The van der Waals surface area contributed by atoms with Crippen LogP contribution in [0.15, 0.2) is 52.9 Å². The molecule has 0 unspecified atom stereocenters. The van der Waals surface area contributed by atoms with Crippen LogP contribution in [-0.2, 0) is 36.0 Å². The zero-order chi connectivity index (χ0) is 37.5. The molecule has 2 saturated carbocycles. The number of hydrogen-bond acceptors (Lipinski definition) is 8. The Balaban J connectivity index is 1.23. The summed E-state index contributed by atoms with van der Waals surface area (Å²) in [5, 5.41) is 3.54. The maximum absolute atomic E-state index is 14.5. The van der Waals surface area contributed by atoms with Gasteiger partial charge in [0.1, 0.15) is 15.7 Å². The highest BCUT2D eigenvalue weighted by Gasteiger charge is 2.48. The van der Waals surface area contributed by atoms with E-state index >= 15 is 0 Å². The number of nitrogens with zero attached hydrogens (tertiary/aromatic N) is 2. The number of allylic oxidation sites excluding steroid dienone is 1. The fourth-order valence-electron chi connectivity index (χ4n) is 9.27. The number of fused-ring (bicyclic) bond motifs is 4. The van der Waals surface area contributed by atoms with Gasteiger partial charge in [-0.1, -0.05) is 36.7 Å². The topological polar surface area (TPSA) is 136 Å². The molecule has 2 aromatic carbocycles. The quantitative estimate of drug-likeness (QED) is 0.262. The van der Waals surface area contributed by atoms with Crippen LogP contribution in [0.25, 0.3) is 0 Å². The number of esters is 1. The summed E-state index contributed by atoms with van der Waals surface area (Å²) in [7, 11) is -0.477. The minimum atomic E-state index is -3.57. The fraction of sp³-hybridized carbons (Fsp3) is 0.575. The van der Waals surface area contributed by atoms with Crippen molar-refractivity contribution in [1.29, 1.82) is 0 Å². The largest absolute Gasteiger partial charge is 0.490 e. The van der Waals surface area contributed by atoms with Crippen molar-refractivity contribution >= 4 is 45.1 Å². The molecule has 2 fully saturated rings. The molecule has 2 N–H and O–H groups in total. The minimum Gasteiger partial charge on any atom is -0.490 e. The molecular weight excluding hydrogens is 716 g/mol. The van der Waals surface area contributed by atoms with Gasteiger partial charge in [-0.2, -0.15) is 0 Å². The lowest BCUT2D eigenvalue weighted by molar-refractivity contribution is -0.158. The average Bonchev–Trinajstić information content (AvgIpc) is 3.24. The van der Waals surface area contributed by atoms with Crippen molar-refractivity contribution in [2.45, 2.75) is 82.8 Å². The summed E-state index contributed by atoms with van der Waals surface area (Å²) in [6, 6.07) is 10.5. The Labute approximate surface area is 317 Å². The van der Waals surface area contributed by atoms with E-state index in [4.69, 9.17) is 25.8 Å². The van der Waals surface area contributed by atoms with Crippen LogP contribution in [0, 0.1) is 23.2 Å². The zero-order valence-corrected chi connectivity index (χ0v) is 32.6. The van der Waals surface area contributed by atoms with E-state index in [2.05, 4.69) is 43.6 Å². The summed E-state index contributed by atoms with van der Waals surface area (Å²) >= 11 is 6.46. The van der Waals surface area contributed by atoms with E-state index in [1.807, 2.05) is 25.1 Å². The number of benzene rings is 2. The molecule has 3 amide bonds. The zero-order valence-electron chi connectivity index (χ0n) is 31.0. The van der Waals surface area contributed by atoms with Crippen LogP contribution < -0.4 is 19.7 Å². The summed E-state index contributed by atoms with van der Waals surface area (Å²) in [6.07, 6.45) is 10.5. The van der Waals surface area contributed by atoms with Gasteiger partial charge < -0.3 is 24.4 Å². The molecule has 0 saturated heterocycles. The van der Waals surface area contributed by atoms with Gasteiger partial charge in [-0.25, -0.2) is 9.00 Å². The molecule has 11 nitrogen and oxygen atoms in total. The van der Waals surface area contributed by atoms with Crippen LogP contribution in [0.1, 0.15) is 80.3 Å². The van der Waals surface area contributed by atoms with E-state index in [-0.39, 0.29) is 40.8 Å². The number of carbonyl (C=O) groups excluding carboxylic acids is 3. The molecule has 5 aliphatic rings. The Morgan fingerprint density at radius 3 is 2.68 bits per heavy atom. The summed E-state index contributed by atoms with van der Waals surface area (Å²) in [5.41, 5.74) is 2.62. The monoisotopic (exact) mass is 766 g/mol. The number of anilines is 1. The predicted octanol–water partition coefficient (Wildman–Crippen LogP) is 6.61. The molecule has 2 aromatic rings. The van der Waals surface area contributed by atoms with Crippen LogP contribution in [0.3, 0.4) is 0 Å². The third kappa shape index (κ3) is 7.69. The second-order valence-corrected chi connectivity index (χ2v) is 18.6. The van der Waals surface area contributed by atoms with E-state index in [0.29, 0.717) is 50.0 Å². The molecule has 286 valence electrons. The van der Waals surface area contributed by atoms with Crippen molar-refractivity contribution in [2.75, 3.05) is 44.6 Å². The first-order valence-electron chi connectivity index (χ1n) is 18.8. The SMILES string of the molecule is COC(=O)[C@]1(C)C[C@H](NC(=O)N[S@@]2(=O)=NC(=O)c3ccc4c(c3)N(C[C@@H]3CC[C@H]3[C@@H](OC)/C=C/C[C@H](C)C2)C[C@@]2(CCCc3cc(Cl)ccc32)CO4)C1. The Morgan fingerprint density at radius 2 is 1.94 bits per heavy atom. The summed E-state index contributed by atoms with van der Waals surface area (Å²) in [4.78, 5) is 41.8. The molecule has 2 bridgehead atoms. The normalized spacial score (nSPS) is 34.4. The van der Waals surface area contributed by atoms with E-state index in [1.165, 1.54) is 18.2 Å². The van der Waals surface area contributed by atoms with Crippen molar-refractivity contribution < 1.29 is 32.8 Å². The number of carbonyl (C=O) groups is 3. The number of halogens is 1. The smallest absolute Gasteiger partial charge is 0.327 e. The second-order valence-electron chi connectivity index (χ2n) is 16.2. The standard InChI is InChI=1S/C40H51ClN4O7S/c1-25-7-5-9-34(50-3)31-13-10-28(31)21-45-23-40(16-6-8-26-17-29(41)12-14-32(26)40)24-52-35-15-11-27(18-33(35)45)36(46)43-53(49,22-25)44-38(48)42-30-19-39(2,20-30)37(47)51-4/h5,9,11-12,14-15,17-18,25,28,30-31,34H,6-8,10,13,16,19-24H2,1-4H3,(H2,42,43,44,46,48,49)/b9-5+/t25-,28-,30-,31+,34-,39+,40-,53-/m0/s1. The molecule has 53 heavy (non-hydrogen) atoms. The Kier molecular flexibility index (Phi) is 10.6. The van der Waals surface area contributed by atoms with Crippen molar-refractivity contribution in [3.8, 4) is 5.75 Å². The van der Waals surface area contributed by atoms with Crippen molar-refractivity contribution in [2.24, 2.45) is 27.5 Å². The third-order valence-electron chi connectivity index (χ3n) is 12.2. The van der Waals surface area contributed by atoms with E-state index in [0.717, 1.165) is 49.4 Å². The van der Waals surface area contributed by atoms with Crippen LogP contribution in [0.2, 0.25) is 5.02 Å². The van der Waals surface area contributed by atoms with Crippen molar-refractivity contribution in [3.63, 3.8) is 0 Å². The lowest BCUT2D eigenvalue weighted by Crippen LogP contribution is -2.56.